The van der Waals surface area contributed by atoms with Crippen LogP contribution < -0.4 is 4.90 Å². The predicted molar refractivity (Wildman–Crippen MR) is 63.5 cm³/mol. The summed E-state index contributed by atoms with van der Waals surface area (Å²) in [7, 11) is 0. The highest BCUT2D eigenvalue weighted by Gasteiger charge is 2.44. The first-order chi connectivity index (χ1) is 8.55. The molecule has 1 aliphatic heterocycles. The highest BCUT2D eigenvalue weighted by Crippen LogP contribution is 2.31. The summed E-state index contributed by atoms with van der Waals surface area (Å²) in [5.74, 6) is -1.62. The van der Waals surface area contributed by atoms with Crippen LogP contribution in [0.4, 0.5) is 14.6 Å². The molecule has 1 saturated heterocycles. The third kappa shape index (κ3) is 1.92. The zero-order chi connectivity index (χ0) is 12.8. The van der Waals surface area contributed by atoms with Crippen molar-refractivity contribution in [1.82, 2.24) is 14.8 Å². The number of hydrogen-bond donors (Lipinski definition) is 0. The molecule has 0 unspecified atom stereocenters. The van der Waals surface area contributed by atoms with Crippen LogP contribution in [0, 0.1) is 0 Å². The number of aromatic nitrogens is 3. The Labute approximate surface area is 107 Å². The van der Waals surface area contributed by atoms with Crippen molar-refractivity contribution < 1.29 is 8.78 Å². The number of halogens is 3. The van der Waals surface area contributed by atoms with Crippen molar-refractivity contribution in [2.75, 3.05) is 18.0 Å². The van der Waals surface area contributed by atoms with Crippen LogP contribution in [0.25, 0.3) is 5.82 Å². The summed E-state index contributed by atoms with van der Waals surface area (Å²) >= 11 is 5.98. The summed E-state index contributed by atoms with van der Waals surface area (Å²) in [6.07, 6.45) is 3.25. The van der Waals surface area contributed by atoms with Gasteiger partial charge >= 0.3 is 0 Å². The van der Waals surface area contributed by atoms with Crippen molar-refractivity contribution >= 4 is 17.4 Å². The molecule has 0 amide bonds. The summed E-state index contributed by atoms with van der Waals surface area (Å²) < 4.78 is 27.0. The smallest absolute Gasteiger partial charge is 0.282 e. The van der Waals surface area contributed by atoms with E-state index in [2.05, 4.69) is 10.1 Å². The van der Waals surface area contributed by atoms with E-state index < -0.39 is 5.92 Å². The Morgan fingerprint density at radius 1 is 1.28 bits per heavy atom. The minimum Gasteiger partial charge on any atom is -0.343 e. The van der Waals surface area contributed by atoms with Gasteiger partial charge in [-0.3, -0.25) is 0 Å². The molecular weight excluding hydrogens is 262 g/mol. The Morgan fingerprint density at radius 3 is 2.72 bits per heavy atom. The molecule has 0 spiro atoms. The lowest BCUT2D eigenvalue weighted by molar-refractivity contribution is -0.0267. The second-order valence-corrected chi connectivity index (χ2v) is 4.55. The summed E-state index contributed by atoms with van der Waals surface area (Å²) in [5, 5.41) is 4.65. The van der Waals surface area contributed by atoms with Crippen molar-refractivity contribution in [3.63, 3.8) is 0 Å². The molecule has 2 aromatic heterocycles. The van der Waals surface area contributed by atoms with Gasteiger partial charge in [0.1, 0.15) is 0 Å². The van der Waals surface area contributed by atoms with Gasteiger partial charge in [0.25, 0.3) is 5.92 Å². The van der Waals surface area contributed by atoms with Crippen molar-refractivity contribution in [1.29, 1.82) is 0 Å². The number of alkyl halides is 2. The molecule has 4 nitrogen and oxygen atoms in total. The molecule has 0 atom stereocenters. The number of anilines is 1. The van der Waals surface area contributed by atoms with E-state index >= 15 is 0 Å². The molecule has 0 saturated carbocycles. The van der Waals surface area contributed by atoms with Gasteiger partial charge in [-0.15, -0.1) is 5.10 Å². The summed E-state index contributed by atoms with van der Waals surface area (Å²) in [6, 6.07) is 5.08. The van der Waals surface area contributed by atoms with Crippen LogP contribution in [0.2, 0.25) is 5.02 Å². The summed E-state index contributed by atoms with van der Waals surface area (Å²) in [4.78, 5) is 5.60. The van der Waals surface area contributed by atoms with E-state index in [4.69, 9.17) is 11.6 Å². The predicted octanol–water partition coefficient (Wildman–Crippen LogP) is 2.38. The largest absolute Gasteiger partial charge is 0.343 e. The Balaban J connectivity index is 1.85. The van der Waals surface area contributed by atoms with Gasteiger partial charge in [0, 0.05) is 18.5 Å². The molecule has 0 N–H and O–H groups in total. The van der Waals surface area contributed by atoms with Gasteiger partial charge in [-0.25, -0.2) is 18.4 Å². The molecule has 0 aromatic carbocycles. The van der Waals surface area contributed by atoms with E-state index in [-0.39, 0.29) is 13.1 Å². The van der Waals surface area contributed by atoms with Crippen LogP contribution in [0.3, 0.4) is 0 Å². The highest BCUT2D eigenvalue weighted by atomic mass is 35.5. The first-order valence-electron chi connectivity index (χ1n) is 5.34. The van der Waals surface area contributed by atoms with Crippen molar-refractivity contribution in [3.8, 4) is 5.82 Å². The van der Waals surface area contributed by atoms with Crippen molar-refractivity contribution in [3.05, 3.63) is 35.6 Å². The minimum atomic E-state index is -2.60. The second kappa shape index (κ2) is 3.91. The fourth-order valence-electron chi connectivity index (χ4n) is 1.82. The zero-order valence-corrected chi connectivity index (χ0v) is 9.98. The maximum atomic E-state index is 12.8. The molecule has 94 valence electrons. The van der Waals surface area contributed by atoms with Crippen molar-refractivity contribution in [2.45, 2.75) is 5.92 Å². The van der Waals surface area contributed by atoms with Crippen molar-refractivity contribution in [2.24, 2.45) is 0 Å². The van der Waals surface area contributed by atoms with Crippen LogP contribution in [0.1, 0.15) is 0 Å². The lowest BCUT2D eigenvalue weighted by atomic mass is 10.1. The Kier molecular flexibility index (Phi) is 2.48. The number of rotatable bonds is 2. The van der Waals surface area contributed by atoms with Gasteiger partial charge < -0.3 is 4.90 Å². The molecule has 0 radical (unpaired) electrons. The minimum absolute atomic E-state index is 0.292. The van der Waals surface area contributed by atoms with Gasteiger partial charge in [-0.2, -0.15) is 0 Å². The highest BCUT2D eigenvalue weighted by molar-refractivity contribution is 6.32. The zero-order valence-electron chi connectivity index (χ0n) is 9.22. The number of nitrogens with zero attached hydrogens (tertiary/aromatic N) is 4. The van der Waals surface area contributed by atoms with Gasteiger partial charge in [0.2, 0.25) is 0 Å². The molecule has 3 rings (SSSR count). The van der Waals surface area contributed by atoms with Gasteiger partial charge in [0.05, 0.1) is 18.1 Å². The fraction of sp³-hybridized carbons (Fsp3) is 0.273. The monoisotopic (exact) mass is 270 g/mol. The molecular formula is C11H9ClF2N4. The van der Waals surface area contributed by atoms with Crippen LogP contribution >= 0.6 is 11.6 Å². The van der Waals surface area contributed by atoms with Crippen LogP contribution in [0.15, 0.2) is 30.6 Å². The lowest BCUT2D eigenvalue weighted by Gasteiger charge is -2.38. The van der Waals surface area contributed by atoms with Gasteiger partial charge in [-0.1, -0.05) is 11.6 Å². The average molecular weight is 271 g/mol. The molecule has 7 heteroatoms. The van der Waals surface area contributed by atoms with E-state index in [9.17, 15) is 8.78 Å². The normalized spacial score (nSPS) is 17.6. The summed E-state index contributed by atoms with van der Waals surface area (Å²) in [5.41, 5.74) is 0. The van der Waals surface area contributed by atoms with E-state index in [0.29, 0.717) is 16.7 Å². The summed E-state index contributed by atoms with van der Waals surface area (Å²) in [6.45, 7) is -0.583. The fourth-order valence-corrected chi connectivity index (χ4v) is 2.03. The first-order valence-corrected chi connectivity index (χ1v) is 5.72. The standard InChI is InChI=1S/C11H9ClF2N4/c12-8-2-1-4-15-10(8)18-5-3-9(16-18)17-6-11(13,14)7-17/h1-5H,6-7H2. The average Bonchev–Trinajstić information content (AvgIpc) is 2.75. The molecule has 3 heterocycles. The first kappa shape index (κ1) is 11.4. The maximum absolute atomic E-state index is 12.8. The Hall–Kier alpha value is -1.69. The second-order valence-electron chi connectivity index (χ2n) is 4.14. The maximum Gasteiger partial charge on any atom is 0.282 e. The SMILES string of the molecule is FC1(F)CN(c2ccn(-c3ncccc3Cl)n2)C1. The van der Waals surface area contributed by atoms with E-state index in [1.165, 1.54) is 9.58 Å². The van der Waals surface area contributed by atoms with Gasteiger partial charge in [-0.05, 0) is 12.1 Å². The molecule has 1 aliphatic rings. The van der Waals surface area contributed by atoms with E-state index in [1.54, 1.807) is 30.6 Å². The molecule has 18 heavy (non-hydrogen) atoms. The van der Waals surface area contributed by atoms with Crippen LogP contribution in [-0.2, 0) is 0 Å². The Bertz CT molecular complexity index is 576. The third-order valence-electron chi connectivity index (χ3n) is 2.70. The quantitative estimate of drug-likeness (QED) is 0.840. The molecule has 0 aliphatic carbocycles. The molecule has 0 bridgehead atoms. The van der Waals surface area contributed by atoms with Crippen LogP contribution in [-0.4, -0.2) is 33.8 Å². The van der Waals surface area contributed by atoms with Crippen LogP contribution in [0.5, 0.6) is 0 Å². The molecule has 2 aromatic rings. The topological polar surface area (TPSA) is 34.0 Å². The van der Waals surface area contributed by atoms with E-state index in [0.717, 1.165) is 0 Å². The molecule has 1 fully saturated rings. The third-order valence-corrected chi connectivity index (χ3v) is 2.99. The number of hydrogen-bond acceptors (Lipinski definition) is 3. The lowest BCUT2D eigenvalue weighted by Crippen LogP contribution is -2.56. The number of pyridine rings is 1. The van der Waals surface area contributed by atoms with Gasteiger partial charge in [0.15, 0.2) is 11.6 Å². The Morgan fingerprint density at radius 2 is 2.06 bits per heavy atom. The van der Waals surface area contributed by atoms with E-state index in [1.807, 2.05) is 0 Å².